The van der Waals surface area contributed by atoms with E-state index in [1.54, 1.807) is 12.1 Å². The monoisotopic (exact) mass is 1010 g/mol. The molecular weight excluding hydrogens is 980 g/mol. The zero-order chi connectivity index (χ0) is 46.1. The summed E-state index contributed by atoms with van der Waals surface area (Å²) >= 11 is 6.13. The number of nitrogen functional groups attached to an aromatic ring is 1. The first-order chi connectivity index (χ1) is 30.8. The third-order valence-corrected chi connectivity index (χ3v) is 10.9. The van der Waals surface area contributed by atoms with E-state index in [2.05, 4.69) is 84.4 Å². The Hall–Kier alpha value is -4.89. The van der Waals surface area contributed by atoms with Crippen molar-refractivity contribution in [3.63, 3.8) is 0 Å². The molecule has 0 aliphatic heterocycles. The van der Waals surface area contributed by atoms with Crippen molar-refractivity contribution < 1.29 is 75.4 Å². The van der Waals surface area contributed by atoms with Crippen LogP contribution < -0.4 is 16.4 Å². The number of rotatable bonds is 25. The third kappa shape index (κ3) is 14.6. The van der Waals surface area contributed by atoms with Crippen molar-refractivity contribution in [2.24, 2.45) is 30.7 Å². The van der Waals surface area contributed by atoms with Gasteiger partial charge in [0.1, 0.15) is 27.6 Å². The number of benzene rings is 4. The highest BCUT2D eigenvalue weighted by Crippen LogP contribution is 2.48. The SMILES string of the molecule is CN=Nc1c(N)ccc2c(O)c(N=Nc3cc(Nc4nc(Cl)nc(NCCSOOO)n4)c(N=Nc4ccc(SOOCCS(=O)OOO)cc4)cc3S(=O)(=O)O)c(SOOO)cc12. The number of aromatic nitrogens is 3. The van der Waals surface area contributed by atoms with Crippen LogP contribution in [0.15, 0.2) is 100.0 Å². The van der Waals surface area contributed by atoms with Gasteiger partial charge in [-0.1, -0.05) is 15.1 Å². The molecule has 28 nitrogen and oxygen atoms in total. The van der Waals surface area contributed by atoms with Gasteiger partial charge >= 0.3 is 0 Å². The standard InChI is InChI=1S/C30H29ClN12O16S5/c1-33-42-25-18-12-23(62-58-54-46)26(27(44)17(18)6-7-19(25)32)43-41-22-13-20(35-30-37-28(31)36-29(38-30)34-8-10-60-57-53-45)21(14-24(22)64(49,50)51)40-39-15-2-4-16(5-3-15)61-56-52-9-11-63(48)59-55-47/h2-7,12-14,44-47H,8-11,32H2,1H3,(H,49,50,51)(H2,34,35,36,37,38). The van der Waals surface area contributed by atoms with Crippen molar-refractivity contribution in [1.82, 2.24) is 15.0 Å². The third-order valence-electron chi connectivity index (χ3n) is 7.33. The van der Waals surface area contributed by atoms with Gasteiger partial charge < -0.3 is 21.5 Å². The van der Waals surface area contributed by atoms with Crippen molar-refractivity contribution in [2.75, 3.05) is 48.1 Å². The molecule has 64 heavy (non-hydrogen) atoms. The second kappa shape index (κ2) is 25.0. The van der Waals surface area contributed by atoms with E-state index >= 15 is 0 Å². The minimum atomic E-state index is -5.12. The smallest absolute Gasteiger partial charge is 0.296 e. The van der Waals surface area contributed by atoms with Gasteiger partial charge in [0.2, 0.25) is 17.2 Å². The summed E-state index contributed by atoms with van der Waals surface area (Å²) in [6.07, 6.45) is 0. The predicted octanol–water partition coefficient (Wildman–Crippen LogP) is 8.45. The van der Waals surface area contributed by atoms with Crippen LogP contribution in [0.3, 0.4) is 0 Å². The van der Waals surface area contributed by atoms with Crippen LogP contribution in [-0.2, 0) is 58.5 Å². The predicted molar refractivity (Wildman–Crippen MR) is 227 cm³/mol. The molecule has 4 aromatic carbocycles. The first-order valence-electron chi connectivity index (χ1n) is 16.8. The fourth-order valence-electron chi connectivity index (χ4n) is 4.79. The molecule has 0 amide bonds. The van der Waals surface area contributed by atoms with E-state index in [9.17, 15) is 22.3 Å². The fourth-order valence-corrected chi connectivity index (χ4v) is 7.14. The summed E-state index contributed by atoms with van der Waals surface area (Å²) in [6.45, 7) is 0.0114. The topological polar surface area (TPSA) is 389 Å². The summed E-state index contributed by atoms with van der Waals surface area (Å²) in [5.41, 5.74) is 5.53. The molecule has 1 atom stereocenters. The van der Waals surface area contributed by atoms with Crippen LogP contribution in [0.2, 0.25) is 5.28 Å². The lowest BCUT2D eigenvalue weighted by Gasteiger charge is -2.13. The molecule has 1 aromatic heterocycles. The number of azo groups is 3. The summed E-state index contributed by atoms with van der Waals surface area (Å²) < 4.78 is 65.4. The molecule has 5 rings (SSSR count). The Labute approximate surface area is 379 Å². The molecule has 9 N–H and O–H groups in total. The van der Waals surface area contributed by atoms with Gasteiger partial charge in [-0.05, 0) is 66.2 Å². The summed E-state index contributed by atoms with van der Waals surface area (Å²) in [5.74, 6) is -0.694. The van der Waals surface area contributed by atoms with Gasteiger partial charge in [0, 0.05) is 47.1 Å². The summed E-state index contributed by atoms with van der Waals surface area (Å²) in [4.78, 5) is 16.8. The largest absolute Gasteiger partial charge is 0.505 e. The Morgan fingerprint density at radius 1 is 0.844 bits per heavy atom. The van der Waals surface area contributed by atoms with Crippen molar-refractivity contribution in [3.8, 4) is 5.75 Å². The molecule has 5 aromatic rings. The van der Waals surface area contributed by atoms with Gasteiger partial charge in [-0.3, -0.25) is 4.55 Å². The van der Waals surface area contributed by atoms with Gasteiger partial charge in [-0.2, -0.15) is 43.0 Å². The highest BCUT2D eigenvalue weighted by atomic mass is 35.5. The molecular formula is C30H29ClN12O16S5. The summed E-state index contributed by atoms with van der Waals surface area (Å²) in [7, 11) is -3.72. The maximum atomic E-state index is 12.9. The first-order valence-corrected chi connectivity index (χ1v) is 22.3. The van der Waals surface area contributed by atoms with Crippen molar-refractivity contribution in [1.29, 1.82) is 0 Å². The highest BCUT2D eigenvalue weighted by Gasteiger charge is 2.23. The summed E-state index contributed by atoms with van der Waals surface area (Å²) in [5, 5.41) is 77.5. The van der Waals surface area contributed by atoms with E-state index < -0.39 is 37.5 Å². The molecule has 0 saturated heterocycles. The maximum Gasteiger partial charge on any atom is 0.296 e. The van der Waals surface area contributed by atoms with Crippen LogP contribution in [0.5, 0.6) is 5.75 Å². The number of aromatic hydroxyl groups is 1. The van der Waals surface area contributed by atoms with Crippen LogP contribution in [0, 0.1) is 0 Å². The lowest BCUT2D eigenvalue weighted by Crippen LogP contribution is -2.10. The number of hydrogen-bond acceptors (Lipinski definition) is 30. The average Bonchev–Trinajstić information content (AvgIpc) is 3.25. The minimum Gasteiger partial charge on any atom is -0.505 e. The number of anilines is 4. The molecule has 0 aliphatic rings. The Balaban J connectivity index is 1.55. The van der Waals surface area contributed by atoms with E-state index in [1.165, 1.54) is 37.4 Å². The lowest BCUT2D eigenvalue weighted by molar-refractivity contribution is -0.435. The molecule has 1 heterocycles. The van der Waals surface area contributed by atoms with Gasteiger partial charge in [0.15, 0.2) is 16.8 Å². The van der Waals surface area contributed by atoms with Gasteiger partial charge in [-0.15, -0.1) is 28.3 Å². The minimum absolute atomic E-state index is 0.0329. The second-order valence-electron chi connectivity index (χ2n) is 11.3. The number of hydrogen-bond donors (Lipinski definition) is 8. The number of nitrogens with two attached hydrogens (primary N) is 1. The van der Waals surface area contributed by atoms with Crippen LogP contribution >= 0.6 is 47.7 Å². The Morgan fingerprint density at radius 3 is 2.31 bits per heavy atom. The Bertz CT molecular complexity index is 2620. The number of halogens is 1. The molecule has 0 spiro atoms. The van der Waals surface area contributed by atoms with E-state index in [0.717, 1.165) is 36.2 Å². The zero-order valence-corrected chi connectivity index (χ0v) is 36.6. The maximum absolute atomic E-state index is 12.9. The van der Waals surface area contributed by atoms with E-state index in [1.807, 2.05) is 0 Å². The fraction of sp³-hybridized carbons (Fsp3) is 0.167. The van der Waals surface area contributed by atoms with Crippen LogP contribution in [0.4, 0.5) is 51.7 Å². The molecule has 0 bridgehead atoms. The van der Waals surface area contributed by atoms with Crippen molar-refractivity contribution >= 4 is 131 Å². The molecule has 34 heteroatoms. The number of fused-ring (bicyclic) bond motifs is 1. The molecule has 0 fully saturated rings. The quantitative estimate of drug-likeness (QED) is 0.00516. The number of nitrogens with one attached hydrogen (secondary N) is 2. The first kappa shape index (κ1) is 50.1. The van der Waals surface area contributed by atoms with Crippen LogP contribution in [0.1, 0.15) is 0 Å². The van der Waals surface area contributed by atoms with E-state index in [0.29, 0.717) is 16.9 Å². The normalized spacial score (nSPS) is 12.6. The highest BCUT2D eigenvalue weighted by molar-refractivity contribution is 7.95. The number of phenols is 1. The molecule has 342 valence electrons. The average molecular weight is 1010 g/mol. The van der Waals surface area contributed by atoms with Gasteiger partial charge in [-0.25, -0.2) is 24.9 Å². The van der Waals surface area contributed by atoms with Gasteiger partial charge in [0.05, 0.1) is 58.4 Å². The van der Waals surface area contributed by atoms with E-state index in [-0.39, 0.29) is 91.6 Å². The van der Waals surface area contributed by atoms with Crippen molar-refractivity contribution in [2.45, 2.75) is 14.7 Å². The van der Waals surface area contributed by atoms with Crippen molar-refractivity contribution in [3.05, 3.63) is 59.9 Å². The zero-order valence-electron chi connectivity index (χ0n) is 31.8. The second-order valence-corrected chi connectivity index (χ2v) is 16.5. The van der Waals surface area contributed by atoms with Crippen LogP contribution in [-0.4, -0.2) is 84.7 Å². The molecule has 0 radical (unpaired) electrons. The number of nitrogens with zero attached hydrogens (tertiary/aromatic N) is 9. The molecule has 0 saturated carbocycles. The Morgan fingerprint density at radius 2 is 1.59 bits per heavy atom. The number of phenolic OH excluding ortho intramolecular Hbond substituents is 1. The molecule has 0 aliphatic carbocycles. The Kier molecular flexibility index (Phi) is 19.6. The van der Waals surface area contributed by atoms with Crippen LogP contribution in [0.25, 0.3) is 10.8 Å². The van der Waals surface area contributed by atoms with Gasteiger partial charge in [0.25, 0.3) is 10.1 Å². The van der Waals surface area contributed by atoms with E-state index in [4.69, 9.17) is 42.3 Å². The summed E-state index contributed by atoms with van der Waals surface area (Å²) in [6, 6.07) is 12.4. The lowest BCUT2D eigenvalue weighted by atomic mass is 10.1. The molecule has 1 unspecified atom stereocenters.